The maximum Gasteiger partial charge on any atom is 0.307 e. The third kappa shape index (κ3) is 6.53. The average Bonchev–Trinajstić information content (AvgIpc) is 2.79. The number of halogens is 1. The monoisotopic (exact) mass is 462 g/mol. The summed E-state index contributed by atoms with van der Waals surface area (Å²) in [5.74, 6) is -2.36. The topological polar surface area (TPSA) is 92.8 Å². The fraction of sp³-hybridized carbons (Fsp3) is 0.391. The second-order valence-corrected chi connectivity index (χ2v) is 9.85. The number of nitrogens with zero attached hydrogens (tertiary/aromatic N) is 1. The Balaban J connectivity index is 1.47. The molecule has 1 saturated heterocycles. The minimum atomic E-state index is -3.76. The first-order valence-corrected chi connectivity index (χ1v) is 12.2. The van der Waals surface area contributed by atoms with Gasteiger partial charge in [-0.3, -0.25) is 9.59 Å². The highest BCUT2D eigenvalue weighted by Crippen LogP contribution is 2.22. The van der Waals surface area contributed by atoms with Gasteiger partial charge in [0.15, 0.2) is 15.9 Å². The Labute approximate surface area is 187 Å². The van der Waals surface area contributed by atoms with E-state index < -0.39 is 45.8 Å². The van der Waals surface area contributed by atoms with Gasteiger partial charge < -0.3 is 15.0 Å². The zero-order chi connectivity index (χ0) is 23.1. The highest BCUT2D eigenvalue weighted by molar-refractivity contribution is 7.91. The number of ether oxygens (including phenoxy) is 1. The standard InChI is InChI=1S/C23H27FN2O5S/c1-17(31-22(27)13-16-32(29,30)21-11-5-18(24)6-12-21)23(28)25-19-7-9-20(10-8-19)26-14-3-2-4-15-26/h5-12,17H,2-4,13-16H2,1H3,(H,25,28)/t17-/m1/s1. The molecule has 0 spiro atoms. The van der Waals surface area contributed by atoms with Crippen molar-refractivity contribution in [2.45, 2.75) is 43.6 Å². The second-order valence-electron chi connectivity index (χ2n) is 7.74. The predicted octanol–water partition coefficient (Wildman–Crippen LogP) is 3.55. The van der Waals surface area contributed by atoms with Crippen LogP contribution in [-0.2, 0) is 24.2 Å². The third-order valence-electron chi connectivity index (χ3n) is 5.28. The van der Waals surface area contributed by atoms with Crippen molar-refractivity contribution >= 4 is 33.1 Å². The number of hydrogen-bond acceptors (Lipinski definition) is 6. The van der Waals surface area contributed by atoms with E-state index in [1.54, 1.807) is 12.1 Å². The quantitative estimate of drug-likeness (QED) is 0.476. The van der Waals surface area contributed by atoms with Crippen LogP contribution >= 0.6 is 0 Å². The van der Waals surface area contributed by atoms with Gasteiger partial charge in [-0.05, 0) is 74.7 Å². The van der Waals surface area contributed by atoms with Crippen LogP contribution in [0.2, 0.25) is 0 Å². The van der Waals surface area contributed by atoms with Gasteiger partial charge in [-0.1, -0.05) is 0 Å². The zero-order valence-corrected chi connectivity index (χ0v) is 18.7. The maximum absolute atomic E-state index is 13.0. The average molecular weight is 463 g/mol. The van der Waals surface area contributed by atoms with Crippen LogP contribution in [0.1, 0.15) is 32.6 Å². The van der Waals surface area contributed by atoms with Crippen molar-refractivity contribution in [1.29, 1.82) is 0 Å². The number of carbonyl (C=O) groups is 2. The van der Waals surface area contributed by atoms with Crippen LogP contribution in [0, 0.1) is 5.82 Å². The molecule has 2 aromatic carbocycles. The molecule has 3 rings (SSSR count). The molecular weight excluding hydrogens is 435 g/mol. The predicted molar refractivity (Wildman–Crippen MR) is 120 cm³/mol. The molecule has 2 aromatic rings. The summed E-state index contributed by atoms with van der Waals surface area (Å²) in [4.78, 5) is 26.6. The van der Waals surface area contributed by atoms with Crippen LogP contribution in [0.5, 0.6) is 0 Å². The van der Waals surface area contributed by atoms with E-state index in [0.717, 1.165) is 43.0 Å². The van der Waals surface area contributed by atoms with Crippen LogP contribution in [0.15, 0.2) is 53.4 Å². The van der Waals surface area contributed by atoms with Gasteiger partial charge in [0.05, 0.1) is 17.1 Å². The van der Waals surface area contributed by atoms with Crippen molar-refractivity contribution in [2.24, 2.45) is 0 Å². The molecule has 0 radical (unpaired) electrons. The summed E-state index contributed by atoms with van der Waals surface area (Å²) in [6, 6.07) is 11.8. The summed E-state index contributed by atoms with van der Waals surface area (Å²) >= 11 is 0. The van der Waals surface area contributed by atoms with E-state index in [1.165, 1.54) is 26.2 Å². The zero-order valence-electron chi connectivity index (χ0n) is 17.9. The normalized spacial score (nSPS) is 15.1. The molecule has 1 N–H and O–H groups in total. The number of piperidine rings is 1. The van der Waals surface area contributed by atoms with Gasteiger partial charge in [0.2, 0.25) is 0 Å². The Bertz CT molecular complexity index is 1030. The first-order valence-electron chi connectivity index (χ1n) is 10.6. The third-order valence-corrected chi connectivity index (χ3v) is 7.01. The van der Waals surface area contributed by atoms with Crippen LogP contribution in [-0.4, -0.2) is 45.2 Å². The van der Waals surface area contributed by atoms with Gasteiger partial charge in [0.25, 0.3) is 5.91 Å². The number of carbonyl (C=O) groups excluding carboxylic acids is 2. The number of anilines is 2. The molecule has 172 valence electrons. The minimum Gasteiger partial charge on any atom is -0.453 e. The number of amides is 1. The van der Waals surface area contributed by atoms with Crippen LogP contribution in [0.3, 0.4) is 0 Å². The Morgan fingerprint density at radius 3 is 2.28 bits per heavy atom. The number of hydrogen-bond donors (Lipinski definition) is 1. The molecule has 32 heavy (non-hydrogen) atoms. The number of nitrogens with one attached hydrogen (secondary N) is 1. The number of benzene rings is 2. The van der Waals surface area contributed by atoms with Crippen molar-refractivity contribution in [3.63, 3.8) is 0 Å². The summed E-state index contributed by atoms with van der Waals surface area (Å²) < 4.78 is 42.5. The molecule has 9 heteroatoms. The van der Waals surface area contributed by atoms with Crippen LogP contribution < -0.4 is 10.2 Å². The first kappa shape index (κ1) is 23.7. The molecule has 1 atom stereocenters. The Morgan fingerprint density at radius 1 is 1.03 bits per heavy atom. The van der Waals surface area contributed by atoms with Crippen molar-refractivity contribution in [2.75, 3.05) is 29.1 Å². The van der Waals surface area contributed by atoms with Crippen molar-refractivity contribution < 1.29 is 27.1 Å². The number of rotatable bonds is 8. The molecule has 1 aliphatic rings. The first-order chi connectivity index (χ1) is 15.2. The lowest BCUT2D eigenvalue weighted by Crippen LogP contribution is -2.31. The Kier molecular flexibility index (Phi) is 7.84. The van der Waals surface area contributed by atoms with Gasteiger partial charge in [-0.25, -0.2) is 12.8 Å². The lowest BCUT2D eigenvalue weighted by atomic mass is 10.1. The van der Waals surface area contributed by atoms with E-state index in [4.69, 9.17) is 4.74 Å². The minimum absolute atomic E-state index is 0.0782. The number of esters is 1. The van der Waals surface area contributed by atoms with E-state index in [-0.39, 0.29) is 4.90 Å². The van der Waals surface area contributed by atoms with E-state index in [1.807, 2.05) is 12.1 Å². The molecule has 0 saturated carbocycles. The van der Waals surface area contributed by atoms with E-state index in [0.29, 0.717) is 5.69 Å². The second kappa shape index (κ2) is 10.6. The van der Waals surface area contributed by atoms with Crippen LogP contribution in [0.25, 0.3) is 0 Å². The maximum atomic E-state index is 13.0. The summed E-state index contributed by atoms with van der Waals surface area (Å²) in [6.07, 6.45) is 2.10. The lowest BCUT2D eigenvalue weighted by molar-refractivity contribution is -0.152. The highest BCUT2D eigenvalue weighted by Gasteiger charge is 2.21. The van der Waals surface area contributed by atoms with Crippen molar-refractivity contribution in [3.05, 3.63) is 54.3 Å². The van der Waals surface area contributed by atoms with Gasteiger partial charge >= 0.3 is 5.97 Å². The van der Waals surface area contributed by atoms with Crippen molar-refractivity contribution in [3.8, 4) is 0 Å². The SMILES string of the molecule is C[C@@H](OC(=O)CCS(=O)(=O)c1ccc(F)cc1)C(=O)Nc1ccc(N2CCCCC2)cc1. The number of sulfone groups is 1. The van der Waals surface area contributed by atoms with E-state index >= 15 is 0 Å². The molecule has 0 aromatic heterocycles. The van der Waals surface area contributed by atoms with Gasteiger partial charge in [0.1, 0.15) is 5.82 Å². The van der Waals surface area contributed by atoms with Gasteiger partial charge in [-0.15, -0.1) is 0 Å². The van der Waals surface area contributed by atoms with E-state index in [2.05, 4.69) is 10.2 Å². The summed E-state index contributed by atoms with van der Waals surface area (Å²) in [5.41, 5.74) is 1.68. The molecule has 0 bridgehead atoms. The lowest BCUT2D eigenvalue weighted by Gasteiger charge is -2.28. The van der Waals surface area contributed by atoms with Crippen LogP contribution in [0.4, 0.5) is 15.8 Å². The molecule has 1 heterocycles. The Hall–Kier alpha value is -2.94. The molecule has 1 fully saturated rings. The summed E-state index contributed by atoms with van der Waals surface area (Å²) in [5, 5.41) is 2.69. The molecule has 0 unspecified atom stereocenters. The fourth-order valence-corrected chi connectivity index (χ4v) is 4.66. The van der Waals surface area contributed by atoms with Gasteiger partial charge in [0, 0.05) is 24.5 Å². The smallest absolute Gasteiger partial charge is 0.307 e. The van der Waals surface area contributed by atoms with Crippen molar-refractivity contribution in [1.82, 2.24) is 0 Å². The molecule has 0 aliphatic carbocycles. The molecule has 7 nitrogen and oxygen atoms in total. The summed E-state index contributed by atoms with van der Waals surface area (Å²) in [6.45, 7) is 3.47. The van der Waals surface area contributed by atoms with E-state index in [9.17, 15) is 22.4 Å². The van der Waals surface area contributed by atoms with Gasteiger partial charge in [-0.2, -0.15) is 0 Å². The molecule has 1 amide bonds. The Morgan fingerprint density at radius 2 is 1.66 bits per heavy atom. The largest absolute Gasteiger partial charge is 0.453 e. The fourth-order valence-electron chi connectivity index (χ4n) is 3.44. The molecular formula is C23H27FN2O5S. The highest BCUT2D eigenvalue weighted by atomic mass is 32.2. The summed E-state index contributed by atoms with van der Waals surface area (Å²) in [7, 11) is -3.76. The molecule has 1 aliphatic heterocycles.